The van der Waals surface area contributed by atoms with Crippen LogP contribution in [0, 0.1) is 51.8 Å². The van der Waals surface area contributed by atoms with E-state index in [2.05, 4.69) is 39.5 Å². The first-order valence-corrected chi connectivity index (χ1v) is 15.5. The van der Waals surface area contributed by atoms with Crippen molar-refractivity contribution in [1.29, 1.82) is 0 Å². The Morgan fingerprint density at radius 3 is 2.22 bits per heavy atom. The Bertz CT molecular complexity index is 833. The van der Waals surface area contributed by atoms with E-state index in [0.717, 1.165) is 63.1 Å². The number of piperidine rings is 1. The second-order valence-electron chi connectivity index (χ2n) is 14.6. The largest absolute Gasteiger partial charge is 0.457 e. The van der Waals surface area contributed by atoms with Gasteiger partial charge in [0.2, 0.25) is 0 Å². The summed E-state index contributed by atoms with van der Waals surface area (Å²) in [6, 6.07) is 0. The standard InChI is InChI=1S/C32H53NO3/c1-6-17-33-18-12-23(13-19-33)29(35)36-21-26(34)25-7-8-27-31(25,4)16-11-28-30(3)14-9-22(2)20-24(30)10-15-32(27,28)5/h22-25,27-28H,6-21H2,1-5H3/t22-,24?,25+,27?,28?,30-,31+,32-/m0/s1. The predicted molar refractivity (Wildman–Crippen MR) is 144 cm³/mol. The van der Waals surface area contributed by atoms with E-state index in [1.165, 1.54) is 51.4 Å². The SMILES string of the molecule is CCCN1CCC(C(=O)OCC(=O)[C@H]2CCC3[C@]4(C)CCC5C[C@@H](C)CC[C@]5(C)C4CC[C@@]32C)CC1. The molecule has 5 aliphatic rings. The molecule has 4 nitrogen and oxygen atoms in total. The second kappa shape index (κ2) is 10.0. The first-order valence-electron chi connectivity index (χ1n) is 15.5. The summed E-state index contributed by atoms with van der Waals surface area (Å²) in [5.74, 6) is 3.33. The summed E-state index contributed by atoms with van der Waals surface area (Å²) in [5.41, 5.74) is 0.924. The molecule has 3 unspecified atom stereocenters. The van der Waals surface area contributed by atoms with Crippen LogP contribution in [0.4, 0.5) is 0 Å². The highest BCUT2D eigenvalue weighted by Gasteiger charge is 2.65. The van der Waals surface area contributed by atoms with Gasteiger partial charge in [0.15, 0.2) is 5.78 Å². The molecule has 0 aromatic heterocycles. The minimum absolute atomic E-state index is 0.00119. The van der Waals surface area contributed by atoms with Crippen LogP contribution in [0.1, 0.15) is 112 Å². The number of nitrogens with zero attached hydrogens (tertiary/aromatic N) is 1. The lowest BCUT2D eigenvalue weighted by molar-refractivity contribution is -0.172. The molecule has 36 heavy (non-hydrogen) atoms. The summed E-state index contributed by atoms with van der Waals surface area (Å²) in [6.45, 7) is 15.4. The zero-order valence-electron chi connectivity index (χ0n) is 23.9. The molecule has 8 atom stereocenters. The zero-order chi connectivity index (χ0) is 25.7. The van der Waals surface area contributed by atoms with E-state index in [4.69, 9.17) is 4.74 Å². The number of likely N-dealkylation sites (tertiary alicyclic amines) is 1. The van der Waals surface area contributed by atoms with Gasteiger partial charge < -0.3 is 9.64 Å². The summed E-state index contributed by atoms with van der Waals surface area (Å²) in [7, 11) is 0. The molecule has 4 heteroatoms. The molecule has 0 amide bonds. The Labute approximate surface area is 220 Å². The highest BCUT2D eigenvalue weighted by molar-refractivity contribution is 5.86. The van der Waals surface area contributed by atoms with Gasteiger partial charge in [-0.3, -0.25) is 9.59 Å². The van der Waals surface area contributed by atoms with E-state index in [9.17, 15) is 9.59 Å². The van der Waals surface area contributed by atoms with Crippen LogP contribution in [0.2, 0.25) is 0 Å². The number of Topliss-reactive ketones (excluding diaryl/α,β-unsaturated/α-hetero) is 1. The van der Waals surface area contributed by atoms with Crippen LogP contribution in [0.3, 0.4) is 0 Å². The Morgan fingerprint density at radius 2 is 1.50 bits per heavy atom. The quantitative estimate of drug-likeness (QED) is 0.373. The summed E-state index contributed by atoms with van der Waals surface area (Å²) in [4.78, 5) is 28.8. The molecule has 0 N–H and O–H groups in total. The number of hydrogen-bond acceptors (Lipinski definition) is 4. The second-order valence-corrected chi connectivity index (χ2v) is 14.6. The molecule has 204 valence electrons. The molecule has 4 saturated carbocycles. The third-order valence-electron chi connectivity index (χ3n) is 12.7. The number of ether oxygens (including phenoxy) is 1. The van der Waals surface area contributed by atoms with Crippen molar-refractivity contribution >= 4 is 11.8 Å². The Morgan fingerprint density at radius 1 is 0.833 bits per heavy atom. The highest BCUT2D eigenvalue weighted by atomic mass is 16.5. The molecule has 0 spiro atoms. The third-order valence-corrected chi connectivity index (χ3v) is 12.7. The number of esters is 1. The lowest BCUT2D eigenvalue weighted by Crippen LogP contribution is -2.58. The topological polar surface area (TPSA) is 46.6 Å². The van der Waals surface area contributed by atoms with Crippen LogP contribution in [0.5, 0.6) is 0 Å². The van der Waals surface area contributed by atoms with Crippen molar-refractivity contribution in [3.05, 3.63) is 0 Å². The van der Waals surface area contributed by atoms with Gasteiger partial charge in [-0.1, -0.05) is 41.0 Å². The maximum atomic E-state index is 13.5. The molecule has 0 aromatic rings. The van der Waals surface area contributed by atoms with E-state index in [0.29, 0.717) is 16.7 Å². The molecular formula is C32H53NO3. The smallest absolute Gasteiger partial charge is 0.309 e. The fourth-order valence-corrected chi connectivity index (χ4v) is 10.8. The molecule has 0 bridgehead atoms. The molecule has 1 heterocycles. The first kappa shape index (κ1) is 26.7. The molecule has 4 aliphatic carbocycles. The van der Waals surface area contributed by atoms with Gasteiger partial charge in [-0.25, -0.2) is 0 Å². The molecule has 5 rings (SSSR count). The van der Waals surface area contributed by atoms with Crippen molar-refractivity contribution in [1.82, 2.24) is 4.90 Å². The van der Waals surface area contributed by atoms with Crippen LogP contribution in [0.25, 0.3) is 0 Å². The maximum absolute atomic E-state index is 13.5. The van der Waals surface area contributed by atoms with Gasteiger partial charge in [0.05, 0.1) is 5.92 Å². The highest BCUT2D eigenvalue weighted by Crippen LogP contribution is 2.72. The normalized spacial score (nSPS) is 45.4. The van der Waals surface area contributed by atoms with Crippen LogP contribution < -0.4 is 0 Å². The Kier molecular flexibility index (Phi) is 7.42. The number of ketones is 1. The van der Waals surface area contributed by atoms with E-state index in [1.807, 2.05) is 0 Å². The van der Waals surface area contributed by atoms with Gasteiger partial charge in [-0.2, -0.15) is 0 Å². The van der Waals surface area contributed by atoms with Gasteiger partial charge in [0, 0.05) is 5.92 Å². The van der Waals surface area contributed by atoms with Gasteiger partial charge in [0.1, 0.15) is 6.61 Å². The lowest BCUT2D eigenvalue weighted by atomic mass is 9.39. The molecule has 1 aliphatic heterocycles. The minimum Gasteiger partial charge on any atom is -0.457 e. The van der Waals surface area contributed by atoms with Gasteiger partial charge in [-0.15, -0.1) is 0 Å². The van der Waals surface area contributed by atoms with Crippen LogP contribution >= 0.6 is 0 Å². The number of carbonyl (C=O) groups excluding carboxylic acids is 2. The molecule has 0 aromatic carbocycles. The van der Waals surface area contributed by atoms with E-state index in [-0.39, 0.29) is 35.6 Å². The van der Waals surface area contributed by atoms with Crippen molar-refractivity contribution < 1.29 is 14.3 Å². The summed E-state index contributed by atoms with van der Waals surface area (Å²) < 4.78 is 5.70. The van der Waals surface area contributed by atoms with Crippen molar-refractivity contribution in [2.24, 2.45) is 51.8 Å². The fraction of sp³-hybridized carbons (Fsp3) is 0.938. The molecule has 0 radical (unpaired) electrons. The number of fused-ring (bicyclic) bond motifs is 5. The molecule has 5 fully saturated rings. The van der Waals surface area contributed by atoms with Crippen LogP contribution in [0.15, 0.2) is 0 Å². The predicted octanol–water partition coefficient (Wildman–Crippen LogP) is 6.91. The average Bonchev–Trinajstić information content (AvgIpc) is 3.22. The summed E-state index contributed by atoms with van der Waals surface area (Å²) in [5, 5.41) is 0. The fourth-order valence-electron chi connectivity index (χ4n) is 10.8. The maximum Gasteiger partial charge on any atom is 0.309 e. The van der Waals surface area contributed by atoms with Crippen molar-refractivity contribution in [3.8, 4) is 0 Å². The van der Waals surface area contributed by atoms with Crippen molar-refractivity contribution in [2.75, 3.05) is 26.2 Å². The van der Waals surface area contributed by atoms with E-state index >= 15 is 0 Å². The van der Waals surface area contributed by atoms with Gasteiger partial charge in [-0.05, 0) is 130 Å². The van der Waals surface area contributed by atoms with Gasteiger partial charge >= 0.3 is 5.97 Å². The van der Waals surface area contributed by atoms with Crippen LogP contribution in [-0.2, 0) is 14.3 Å². The molecule has 1 saturated heterocycles. The number of hydrogen-bond donors (Lipinski definition) is 0. The monoisotopic (exact) mass is 499 g/mol. The summed E-state index contributed by atoms with van der Waals surface area (Å²) >= 11 is 0. The number of rotatable bonds is 6. The minimum atomic E-state index is -0.132. The third kappa shape index (κ3) is 4.39. The van der Waals surface area contributed by atoms with Gasteiger partial charge in [0.25, 0.3) is 0 Å². The number of carbonyl (C=O) groups is 2. The van der Waals surface area contributed by atoms with Crippen molar-refractivity contribution in [2.45, 2.75) is 112 Å². The molecular weight excluding hydrogens is 446 g/mol. The average molecular weight is 500 g/mol. The Hall–Kier alpha value is -0.900. The van der Waals surface area contributed by atoms with Crippen LogP contribution in [-0.4, -0.2) is 42.9 Å². The lowest BCUT2D eigenvalue weighted by Gasteiger charge is -2.66. The Balaban J connectivity index is 1.21. The van der Waals surface area contributed by atoms with E-state index < -0.39 is 0 Å². The first-order chi connectivity index (χ1) is 17.1. The van der Waals surface area contributed by atoms with E-state index in [1.54, 1.807) is 0 Å². The van der Waals surface area contributed by atoms with Crippen molar-refractivity contribution in [3.63, 3.8) is 0 Å². The zero-order valence-corrected chi connectivity index (χ0v) is 23.9. The summed E-state index contributed by atoms with van der Waals surface area (Å²) in [6.07, 6.45) is 14.5.